The third-order valence-electron chi connectivity index (χ3n) is 4.68. The first-order chi connectivity index (χ1) is 11.8. The number of carbonyl (C=O) groups is 1. The van der Waals surface area contributed by atoms with E-state index in [0.29, 0.717) is 17.1 Å². The molecule has 0 radical (unpaired) electrons. The Hall–Kier alpha value is -1.85. The molecule has 0 fully saturated rings. The van der Waals surface area contributed by atoms with Crippen molar-refractivity contribution in [2.24, 2.45) is 5.73 Å². The number of nitrogens with zero attached hydrogens (tertiary/aromatic N) is 2. The van der Waals surface area contributed by atoms with Crippen LogP contribution in [0.5, 0.6) is 0 Å². The molecule has 25 heavy (non-hydrogen) atoms. The van der Waals surface area contributed by atoms with E-state index < -0.39 is 0 Å². The summed E-state index contributed by atoms with van der Waals surface area (Å²) in [5.41, 5.74) is 8.24. The molecule has 2 aromatic rings. The number of amides is 1. The SMILES string of the molecule is CCC(N)(CC)CNC(=O)c1cnn(-c2ccc(Cl)cc2)c1C(C)C. The van der Waals surface area contributed by atoms with Gasteiger partial charge in [-0.2, -0.15) is 5.10 Å². The molecular weight excluding hydrogens is 336 g/mol. The van der Waals surface area contributed by atoms with Gasteiger partial charge in [-0.05, 0) is 43.0 Å². The van der Waals surface area contributed by atoms with Gasteiger partial charge in [-0.25, -0.2) is 4.68 Å². The maximum Gasteiger partial charge on any atom is 0.254 e. The lowest BCUT2D eigenvalue weighted by atomic mass is 9.94. The average molecular weight is 363 g/mol. The fourth-order valence-electron chi connectivity index (χ4n) is 2.73. The molecule has 1 aromatic carbocycles. The van der Waals surface area contributed by atoms with Crippen LogP contribution in [-0.4, -0.2) is 27.8 Å². The summed E-state index contributed by atoms with van der Waals surface area (Å²) in [5.74, 6) is -0.000416. The van der Waals surface area contributed by atoms with E-state index in [-0.39, 0.29) is 17.4 Å². The van der Waals surface area contributed by atoms with Crippen molar-refractivity contribution in [3.05, 3.63) is 46.7 Å². The maximum absolute atomic E-state index is 12.7. The van der Waals surface area contributed by atoms with Crippen LogP contribution in [0.2, 0.25) is 5.02 Å². The number of nitrogens with two attached hydrogens (primary N) is 1. The summed E-state index contributed by atoms with van der Waals surface area (Å²) >= 11 is 5.96. The lowest BCUT2D eigenvalue weighted by molar-refractivity contribution is 0.0941. The first-order valence-corrected chi connectivity index (χ1v) is 9.10. The van der Waals surface area contributed by atoms with Crippen LogP contribution in [0, 0.1) is 0 Å². The third-order valence-corrected chi connectivity index (χ3v) is 4.93. The van der Waals surface area contributed by atoms with Crippen LogP contribution in [0.4, 0.5) is 0 Å². The minimum absolute atomic E-state index is 0.138. The number of halogens is 1. The number of rotatable bonds is 7. The first kappa shape index (κ1) is 19.5. The number of hydrogen-bond acceptors (Lipinski definition) is 3. The van der Waals surface area contributed by atoms with E-state index in [1.807, 2.05) is 52.0 Å². The van der Waals surface area contributed by atoms with Crippen molar-refractivity contribution in [1.82, 2.24) is 15.1 Å². The van der Waals surface area contributed by atoms with Gasteiger partial charge >= 0.3 is 0 Å². The van der Waals surface area contributed by atoms with Gasteiger partial charge in [-0.15, -0.1) is 0 Å². The molecule has 1 aromatic heterocycles. The molecule has 1 heterocycles. The minimum atomic E-state index is -0.375. The highest BCUT2D eigenvalue weighted by Gasteiger charge is 2.24. The molecule has 3 N–H and O–H groups in total. The van der Waals surface area contributed by atoms with Gasteiger partial charge in [0.1, 0.15) is 0 Å². The van der Waals surface area contributed by atoms with E-state index in [0.717, 1.165) is 24.2 Å². The molecule has 0 aliphatic carbocycles. The van der Waals surface area contributed by atoms with Crippen LogP contribution in [-0.2, 0) is 0 Å². The number of nitrogens with one attached hydrogen (secondary N) is 1. The standard InChI is InChI=1S/C19H27ClN4O/c1-5-19(21,6-2)12-22-18(25)16-11-23-24(17(16)13(3)4)15-9-7-14(20)8-10-15/h7-11,13H,5-6,12,21H2,1-4H3,(H,22,25). The van der Waals surface area contributed by atoms with Crippen molar-refractivity contribution < 1.29 is 4.79 Å². The van der Waals surface area contributed by atoms with Gasteiger partial charge in [0.05, 0.1) is 23.1 Å². The van der Waals surface area contributed by atoms with Gasteiger partial charge in [0.25, 0.3) is 5.91 Å². The zero-order valence-corrected chi connectivity index (χ0v) is 16.1. The normalized spacial score (nSPS) is 11.8. The predicted molar refractivity (Wildman–Crippen MR) is 102 cm³/mol. The Balaban J connectivity index is 2.29. The Bertz CT molecular complexity index is 718. The summed E-state index contributed by atoms with van der Waals surface area (Å²) in [5, 5.41) is 8.06. The van der Waals surface area contributed by atoms with E-state index >= 15 is 0 Å². The largest absolute Gasteiger partial charge is 0.350 e. The first-order valence-electron chi connectivity index (χ1n) is 8.72. The monoisotopic (exact) mass is 362 g/mol. The maximum atomic E-state index is 12.7. The van der Waals surface area contributed by atoms with E-state index in [1.165, 1.54) is 0 Å². The van der Waals surface area contributed by atoms with Gasteiger partial charge in [-0.1, -0.05) is 39.3 Å². The fourth-order valence-corrected chi connectivity index (χ4v) is 2.85. The summed E-state index contributed by atoms with van der Waals surface area (Å²) in [7, 11) is 0. The molecule has 0 aliphatic heterocycles. The molecule has 6 heteroatoms. The molecule has 0 aliphatic rings. The van der Waals surface area contributed by atoms with Crippen LogP contribution in [0.1, 0.15) is 62.5 Å². The van der Waals surface area contributed by atoms with Crippen molar-refractivity contribution in [2.75, 3.05) is 6.54 Å². The van der Waals surface area contributed by atoms with Crippen LogP contribution in [0.25, 0.3) is 5.69 Å². The molecule has 0 saturated heterocycles. The van der Waals surface area contributed by atoms with Crippen LogP contribution in [0.3, 0.4) is 0 Å². The summed E-state index contributed by atoms with van der Waals surface area (Å²) in [6.07, 6.45) is 3.24. The second-order valence-corrected chi connectivity index (χ2v) is 7.17. The van der Waals surface area contributed by atoms with Gasteiger partial charge in [0, 0.05) is 17.1 Å². The lowest BCUT2D eigenvalue weighted by Gasteiger charge is -2.26. The summed E-state index contributed by atoms with van der Waals surface area (Å²) in [6, 6.07) is 7.41. The topological polar surface area (TPSA) is 72.9 Å². The molecule has 0 bridgehead atoms. The second kappa shape index (κ2) is 8.02. The predicted octanol–water partition coefficient (Wildman–Crippen LogP) is 3.90. The van der Waals surface area contributed by atoms with Gasteiger partial charge in [-0.3, -0.25) is 4.79 Å². The minimum Gasteiger partial charge on any atom is -0.350 e. The Morgan fingerprint density at radius 1 is 1.28 bits per heavy atom. The average Bonchev–Trinajstić information content (AvgIpc) is 3.05. The Labute approximate surface area is 154 Å². The number of hydrogen-bond donors (Lipinski definition) is 2. The van der Waals surface area contributed by atoms with Gasteiger partial charge in [0.15, 0.2) is 0 Å². The highest BCUT2D eigenvalue weighted by atomic mass is 35.5. The van der Waals surface area contributed by atoms with Crippen molar-refractivity contribution in [2.45, 2.75) is 52.0 Å². The van der Waals surface area contributed by atoms with Crippen molar-refractivity contribution in [3.63, 3.8) is 0 Å². The van der Waals surface area contributed by atoms with E-state index in [1.54, 1.807) is 10.9 Å². The Morgan fingerprint density at radius 3 is 2.40 bits per heavy atom. The molecule has 0 saturated carbocycles. The quantitative estimate of drug-likeness (QED) is 0.784. The van der Waals surface area contributed by atoms with E-state index in [4.69, 9.17) is 17.3 Å². The van der Waals surface area contributed by atoms with Crippen molar-refractivity contribution in [3.8, 4) is 5.69 Å². The van der Waals surface area contributed by atoms with Crippen LogP contribution < -0.4 is 11.1 Å². The van der Waals surface area contributed by atoms with E-state index in [2.05, 4.69) is 10.4 Å². The Kier molecular flexibility index (Phi) is 6.25. The van der Waals surface area contributed by atoms with E-state index in [9.17, 15) is 4.79 Å². The summed E-state index contributed by atoms with van der Waals surface area (Å²) in [6.45, 7) is 8.61. The number of aromatic nitrogens is 2. The molecular formula is C19H27ClN4O. The molecule has 5 nitrogen and oxygen atoms in total. The lowest BCUT2D eigenvalue weighted by Crippen LogP contribution is -2.49. The number of benzene rings is 1. The molecule has 0 spiro atoms. The molecule has 136 valence electrons. The number of carbonyl (C=O) groups excluding carboxylic acids is 1. The molecule has 1 amide bonds. The summed E-state index contributed by atoms with van der Waals surface area (Å²) < 4.78 is 1.80. The highest BCUT2D eigenvalue weighted by molar-refractivity contribution is 6.30. The zero-order chi connectivity index (χ0) is 18.6. The molecule has 0 atom stereocenters. The smallest absolute Gasteiger partial charge is 0.254 e. The molecule has 0 unspecified atom stereocenters. The summed E-state index contributed by atoms with van der Waals surface area (Å²) in [4.78, 5) is 12.7. The molecule has 2 rings (SSSR count). The van der Waals surface area contributed by atoms with Gasteiger partial charge in [0.2, 0.25) is 0 Å². The van der Waals surface area contributed by atoms with Crippen LogP contribution >= 0.6 is 11.6 Å². The highest BCUT2D eigenvalue weighted by Crippen LogP contribution is 2.24. The third kappa shape index (κ3) is 4.41. The van der Waals surface area contributed by atoms with Crippen molar-refractivity contribution in [1.29, 1.82) is 0 Å². The second-order valence-electron chi connectivity index (χ2n) is 6.74. The van der Waals surface area contributed by atoms with Crippen molar-refractivity contribution >= 4 is 17.5 Å². The Morgan fingerprint density at radius 2 is 1.88 bits per heavy atom. The van der Waals surface area contributed by atoms with Gasteiger partial charge < -0.3 is 11.1 Å². The van der Waals surface area contributed by atoms with Crippen LogP contribution in [0.15, 0.2) is 30.5 Å². The zero-order valence-electron chi connectivity index (χ0n) is 15.3. The fraction of sp³-hybridized carbons (Fsp3) is 0.474.